The molecule has 0 aromatic heterocycles. The van der Waals surface area contributed by atoms with E-state index in [0.717, 1.165) is 11.6 Å². The third-order valence-electron chi connectivity index (χ3n) is 3.72. The van der Waals surface area contributed by atoms with E-state index in [1.54, 1.807) is 6.07 Å². The molecule has 0 saturated heterocycles. The molecular weight excluding hydrogens is 281 g/mol. The Balaban J connectivity index is 2.03. The molecule has 2 atom stereocenters. The Hall–Kier alpha value is -2.05. The minimum atomic E-state index is -1.50. The lowest BCUT2D eigenvalue weighted by atomic mass is 9.88. The van der Waals surface area contributed by atoms with Gasteiger partial charge < -0.3 is 4.74 Å². The van der Waals surface area contributed by atoms with Gasteiger partial charge in [-0.2, -0.15) is 0 Å². The Labute approximate surface area is 119 Å². The lowest BCUT2D eigenvalue weighted by Gasteiger charge is -2.23. The zero-order valence-electron chi connectivity index (χ0n) is 10.9. The highest BCUT2D eigenvalue weighted by molar-refractivity contribution is 5.42. The average molecular weight is 294 g/mol. The number of hydrogen-bond acceptors (Lipinski definition) is 3. The molecule has 3 nitrogen and oxygen atoms in total. The Kier molecular flexibility index (Phi) is 3.57. The van der Waals surface area contributed by atoms with E-state index >= 15 is 0 Å². The molecular formula is C15H13F3N2O. The normalized spacial score (nSPS) is 18.2. The van der Waals surface area contributed by atoms with Crippen LogP contribution < -0.4 is 16.0 Å². The van der Waals surface area contributed by atoms with Gasteiger partial charge in [0.05, 0.1) is 12.6 Å². The van der Waals surface area contributed by atoms with Gasteiger partial charge in [0.2, 0.25) is 0 Å². The van der Waals surface area contributed by atoms with Crippen molar-refractivity contribution in [3.63, 3.8) is 0 Å². The van der Waals surface area contributed by atoms with Gasteiger partial charge in [-0.15, -0.1) is 0 Å². The monoisotopic (exact) mass is 294 g/mol. The van der Waals surface area contributed by atoms with Crippen molar-refractivity contribution in [3.8, 4) is 5.75 Å². The molecule has 2 aromatic carbocycles. The van der Waals surface area contributed by atoms with Crippen molar-refractivity contribution in [2.75, 3.05) is 6.61 Å². The van der Waals surface area contributed by atoms with Crippen LogP contribution in [0, 0.1) is 17.5 Å². The Bertz CT molecular complexity index is 678. The first kappa shape index (κ1) is 13.9. The fourth-order valence-electron chi connectivity index (χ4n) is 2.67. The van der Waals surface area contributed by atoms with Gasteiger partial charge in [0.15, 0.2) is 17.5 Å². The van der Waals surface area contributed by atoms with Crippen LogP contribution in [0.2, 0.25) is 0 Å². The van der Waals surface area contributed by atoms with Gasteiger partial charge in [0.1, 0.15) is 5.75 Å². The summed E-state index contributed by atoms with van der Waals surface area (Å²) in [5.41, 5.74) is 3.30. The number of benzene rings is 2. The van der Waals surface area contributed by atoms with Crippen molar-refractivity contribution in [2.24, 2.45) is 5.84 Å². The van der Waals surface area contributed by atoms with Crippen LogP contribution in [-0.4, -0.2) is 6.61 Å². The number of para-hydroxylation sites is 1. The van der Waals surface area contributed by atoms with Crippen molar-refractivity contribution in [1.29, 1.82) is 0 Å². The van der Waals surface area contributed by atoms with Crippen molar-refractivity contribution in [1.82, 2.24) is 5.43 Å². The lowest BCUT2D eigenvalue weighted by molar-refractivity contribution is 0.296. The second-order valence-corrected chi connectivity index (χ2v) is 4.86. The van der Waals surface area contributed by atoms with Gasteiger partial charge in [-0.25, -0.2) is 13.2 Å². The Morgan fingerprint density at radius 1 is 1.10 bits per heavy atom. The van der Waals surface area contributed by atoms with Gasteiger partial charge in [0, 0.05) is 17.0 Å². The molecule has 3 rings (SSSR count). The van der Waals surface area contributed by atoms with Crippen LogP contribution in [0.3, 0.4) is 0 Å². The van der Waals surface area contributed by atoms with E-state index < -0.39 is 23.5 Å². The number of rotatable bonds is 3. The number of hydrogen-bond donors (Lipinski definition) is 2. The van der Waals surface area contributed by atoms with E-state index in [-0.39, 0.29) is 18.1 Å². The molecule has 0 fully saturated rings. The molecule has 6 heteroatoms. The number of ether oxygens (including phenoxy) is 1. The average Bonchev–Trinajstić information content (AvgIpc) is 2.92. The predicted molar refractivity (Wildman–Crippen MR) is 71.1 cm³/mol. The summed E-state index contributed by atoms with van der Waals surface area (Å²) in [6, 6.07) is 8.65. The summed E-state index contributed by atoms with van der Waals surface area (Å²) in [5, 5.41) is 0. The number of halogens is 3. The zero-order chi connectivity index (χ0) is 15.0. The fourth-order valence-corrected chi connectivity index (χ4v) is 2.67. The second kappa shape index (κ2) is 5.38. The highest BCUT2D eigenvalue weighted by Crippen LogP contribution is 2.41. The molecule has 110 valence electrons. The number of fused-ring (bicyclic) bond motifs is 1. The topological polar surface area (TPSA) is 47.3 Å². The van der Waals surface area contributed by atoms with Crippen molar-refractivity contribution < 1.29 is 17.9 Å². The standard InChI is InChI=1S/C15H13F3N2O/c16-11-6-5-9(13(17)14(11)18)15(20-19)10-7-21-12-4-2-1-3-8(10)12/h1-6,10,15,20H,7,19H2. The van der Waals surface area contributed by atoms with E-state index in [4.69, 9.17) is 10.6 Å². The van der Waals surface area contributed by atoms with Gasteiger partial charge in [0.25, 0.3) is 0 Å². The first-order chi connectivity index (χ1) is 10.1. The highest BCUT2D eigenvalue weighted by atomic mass is 19.2. The van der Waals surface area contributed by atoms with Gasteiger partial charge in [-0.3, -0.25) is 11.3 Å². The third kappa shape index (κ3) is 2.26. The summed E-state index contributed by atoms with van der Waals surface area (Å²) in [5.74, 6) is 1.95. The van der Waals surface area contributed by atoms with Gasteiger partial charge >= 0.3 is 0 Å². The minimum Gasteiger partial charge on any atom is -0.493 e. The molecule has 0 aliphatic carbocycles. The molecule has 2 unspecified atom stereocenters. The summed E-state index contributed by atoms with van der Waals surface area (Å²) in [6.45, 7) is 0.284. The van der Waals surface area contributed by atoms with E-state index in [1.165, 1.54) is 6.07 Å². The smallest absolute Gasteiger partial charge is 0.194 e. The van der Waals surface area contributed by atoms with Gasteiger partial charge in [-0.05, 0) is 12.1 Å². The zero-order valence-corrected chi connectivity index (χ0v) is 10.9. The van der Waals surface area contributed by atoms with E-state index in [9.17, 15) is 13.2 Å². The van der Waals surface area contributed by atoms with Crippen LogP contribution in [0.1, 0.15) is 23.1 Å². The molecule has 1 aliphatic heterocycles. The molecule has 0 bridgehead atoms. The molecule has 0 saturated carbocycles. The molecule has 0 radical (unpaired) electrons. The molecule has 21 heavy (non-hydrogen) atoms. The number of nitrogens with two attached hydrogens (primary N) is 1. The van der Waals surface area contributed by atoms with Crippen molar-refractivity contribution in [2.45, 2.75) is 12.0 Å². The summed E-state index contributed by atoms with van der Waals surface area (Å²) < 4.78 is 46.0. The summed E-state index contributed by atoms with van der Waals surface area (Å²) in [6.07, 6.45) is 0. The molecule has 2 aromatic rings. The van der Waals surface area contributed by atoms with Crippen molar-refractivity contribution >= 4 is 0 Å². The predicted octanol–water partition coefficient (Wildman–Crippen LogP) is 2.78. The second-order valence-electron chi connectivity index (χ2n) is 4.86. The minimum absolute atomic E-state index is 0.0262. The molecule has 3 N–H and O–H groups in total. The molecule has 0 spiro atoms. The first-order valence-corrected chi connectivity index (χ1v) is 6.44. The van der Waals surface area contributed by atoms with Crippen molar-refractivity contribution in [3.05, 3.63) is 65.0 Å². The molecule has 0 amide bonds. The maximum atomic E-state index is 14.0. The van der Waals surface area contributed by atoms with Crippen LogP contribution in [-0.2, 0) is 0 Å². The molecule has 1 heterocycles. The van der Waals surface area contributed by atoms with E-state index in [2.05, 4.69) is 5.43 Å². The number of nitrogens with one attached hydrogen (secondary N) is 1. The Morgan fingerprint density at radius 3 is 2.62 bits per heavy atom. The van der Waals surface area contributed by atoms with Crippen LogP contribution in [0.4, 0.5) is 13.2 Å². The summed E-state index contributed by atoms with van der Waals surface area (Å²) in [7, 11) is 0. The first-order valence-electron chi connectivity index (χ1n) is 6.44. The third-order valence-corrected chi connectivity index (χ3v) is 3.72. The fraction of sp³-hybridized carbons (Fsp3) is 0.200. The maximum Gasteiger partial charge on any atom is 0.194 e. The summed E-state index contributed by atoms with van der Waals surface area (Å²) in [4.78, 5) is 0. The molecule has 1 aliphatic rings. The van der Waals surface area contributed by atoms with Crippen LogP contribution >= 0.6 is 0 Å². The van der Waals surface area contributed by atoms with Crippen LogP contribution in [0.15, 0.2) is 36.4 Å². The van der Waals surface area contributed by atoms with Crippen LogP contribution in [0.25, 0.3) is 0 Å². The van der Waals surface area contributed by atoms with E-state index in [0.29, 0.717) is 5.75 Å². The lowest BCUT2D eigenvalue weighted by Crippen LogP contribution is -2.34. The SMILES string of the molecule is NNC(c1ccc(F)c(F)c1F)C1COc2ccccc21. The van der Waals surface area contributed by atoms with Gasteiger partial charge in [-0.1, -0.05) is 24.3 Å². The van der Waals surface area contributed by atoms with E-state index in [1.807, 2.05) is 18.2 Å². The highest BCUT2D eigenvalue weighted by Gasteiger charge is 2.34. The quantitative estimate of drug-likeness (QED) is 0.520. The van der Waals surface area contributed by atoms with Crippen LogP contribution in [0.5, 0.6) is 5.75 Å². The maximum absolute atomic E-state index is 14.0. The number of hydrazine groups is 1. The Morgan fingerprint density at radius 2 is 1.86 bits per heavy atom. The summed E-state index contributed by atoms with van der Waals surface area (Å²) >= 11 is 0. The largest absolute Gasteiger partial charge is 0.493 e.